The molecule has 1 aromatic heterocycles. The van der Waals surface area contributed by atoms with Crippen LogP contribution in [-0.2, 0) is 6.54 Å². The van der Waals surface area contributed by atoms with Crippen LogP contribution in [0.1, 0.15) is 31.5 Å². The number of hydrogen-bond donors (Lipinski definition) is 1. The van der Waals surface area contributed by atoms with Crippen molar-refractivity contribution in [1.29, 1.82) is 0 Å². The van der Waals surface area contributed by atoms with Gasteiger partial charge in [0.25, 0.3) is 5.69 Å². The van der Waals surface area contributed by atoms with Gasteiger partial charge in [-0.2, -0.15) is 0 Å². The molecule has 2 amide bonds. The zero-order valence-corrected chi connectivity index (χ0v) is 14.0. The number of anilines is 1. The lowest BCUT2D eigenvalue weighted by molar-refractivity contribution is -0.384. The molecular formula is C16H20N6O3. The molecule has 1 aliphatic rings. The van der Waals surface area contributed by atoms with Crippen LogP contribution in [0.3, 0.4) is 0 Å². The van der Waals surface area contributed by atoms with Gasteiger partial charge in [-0.1, -0.05) is 6.07 Å². The third-order valence-corrected chi connectivity index (χ3v) is 4.37. The first-order valence-electron chi connectivity index (χ1n) is 8.26. The van der Waals surface area contributed by atoms with Crippen LogP contribution in [0.2, 0.25) is 0 Å². The standard InChI is InChI=1S/C16H20N6O3/c1-2-20-11-17-19-15(20)12-5-4-8-21(10-12)16(23)18-13-6-3-7-14(9-13)22(24)25/h3,6-7,9,11-12H,2,4-5,8,10H2,1H3,(H,18,23)/t12-/m0/s1. The van der Waals surface area contributed by atoms with Gasteiger partial charge in [-0.05, 0) is 25.8 Å². The molecule has 0 spiro atoms. The Hall–Kier alpha value is -2.97. The fraction of sp³-hybridized carbons (Fsp3) is 0.438. The van der Waals surface area contributed by atoms with Crippen molar-refractivity contribution in [2.75, 3.05) is 18.4 Å². The summed E-state index contributed by atoms with van der Waals surface area (Å²) in [5.74, 6) is 1.04. The van der Waals surface area contributed by atoms with Crippen molar-refractivity contribution in [2.45, 2.75) is 32.2 Å². The lowest BCUT2D eigenvalue weighted by Gasteiger charge is -2.32. The Bertz CT molecular complexity index is 775. The molecule has 2 heterocycles. The van der Waals surface area contributed by atoms with Crippen LogP contribution in [0.4, 0.5) is 16.2 Å². The average molecular weight is 344 g/mol. The van der Waals surface area contributed by atoms with E-state index < -0.39 is 4.92 Å². The number of aromatic nitrogens is 3. The van der Waals surface area contributed by atoms with Gasteiger partial charge in [0.1, 0.15) is 12.2 Å². The molecule has 1 saturated heterocycles. The molecule has 3 rings (SSSR count). The Labute approximate surface area is 144 Å². The largest absolute Gasteiger partial charge is 0.324 e. The van der Waals surface area contributed by atoms with Crippen molar-refractivity contribution in [3.05, 3.63) is 46.5 Å². The van der Waals surface area contributed by atoms with Crippen molar-refractivity contribution in [3.63, 3.8) is 0 Å². The second-order valence-corrected chi connectivity index (χ2v) is 6.00. The maximum absolute atomic E-state index is 12.5. The molecule has 1 N–H and O–H groups in total. The molecule has 9 heteroatoms. The Morgan fingerprint density at radius 2 is 2.32 bits per heavy atom. The van der Waals surface area contributed by atoms with Gasteiger partial charge in [0.15, 0.2) is 0 Å². The minimum atomic E-state index is -0.482. The smallest absolute Gasteiger partial charge is 0.321 e. The first-order valence-corrected chi connectivity index (χ1v) is 8.26. The highest BCUT2D eigenvalue weighted by Gasteiger charge is 2.28. The Morgan fingerprint density at radius 1 is 1.48 bits per heavy atom. The quantitative estimate of drug-likeness (QED) is 0.678. The maximum atomic E-state index is 12.5. The van der Waals surface area contributed by atoms with E-state index in [1.807, 2.05) is 11.5 Å². The summed E-state index contributed by atoms with van der Waals surface area (Å²) in [5, 5.41) is 21.7. The van der Waals surface area contributed by atoms with Crippen molar-refractivity contribution >= 4 is 17.4 Å². The number of benzene rings is 1. The van der Waals surface area contributed by atoms with Gasteiger partial charge in [-0.15, -0.1) is 10.2 Å². The Balaban J connectivity index is 1.68. The predicted molar refractivity (Wildman–Crippen MR) is 91.4 cm³/mol. The maximum Gasteiger partial charge on any atom is 0.321 e. The number of hydrogen-bond acceptors (Lipinski definition) is 5. The molecule has 0 radical (unpaired) electrons. The SMILES string of the molecule is CCn1cnnc1[C@H]1CCCN(C(=O)Nc2cccc([N+](=O)[O-])c2)C1. The number of amides is 2. The normalized spacial score (nSPS) is 17.3. The van der Waals surface area contributed by atoms with E-state index >= 15 is 0 Å². The van der Waals surface area contributed by atoms with Crippen LogP contribution >= 0.6 is 0 Å². The number of urea groups is 1. The van der Waals surface area contributed by atoms with Gasteiger partial charge < -0.3 is 14.8 Å². The van der Waals surface area contributed by atoms with Gasteiger partial charge in [0.05, 0.1) is 4.92 Å². The number of piperidine rings is 1. The zero-order valence-electron chi connectivity index (χ0n) is 14.0. The molecule has 1 aromatic carbocycles. The Morgan fingerprint density at radius 3 is 3.08 bits per heavy atom. The van der Waals surface area contributed by atoms with Gasteiger partial charge in [-0.3, -0.25) is 10.1 Å². The number of carbonyl (C=O) groups is 1. The Kier molecular flexibility index (Phi) is 4.92. The van der Waals surface area contributed by atoms with Crippen LogP contribution < -0.4 is 5.32 Å². The third kappa shape index (κ3) is 3.76. The highest BCUT2D eigenvalue weighted by Crippen LogP contribution is 2.26. The number of carbonyl (C=O) groups excluding carboxylic acids is 1. The topological polar surface area (TPSA) is 106 Å². The van der Waals surface area contributed by atoms with E-state index in [0.29, 0.717) is 18.8 Å². The van der Waals surface area contributed by atoms with Gasteiger partial charge in [0, 0.05) is 43.4 Å². The van der Waals surface area contributed by atoms with Gasteiger partial charge in [0.2, 0.25) is 0 Å². The van der Waals surface area contributed by atoms with Crippen LogP contribution in [0.25, 0.3) is 0 Å². The molecule has 2 aromatic rings. The number of aryl methyl sites for hydroxylation is 1. The molecule has 0 unspecified atom stereocenters. The van der Waals surface area contributed by atoms with Gasteiger partial charge in [-0.25, -0.2) is 4.79 Å². The number of nitrogens with zero attached hydrogens (tertiary/aromatic N) is 5. The molecule has 25 heavy (non-hydrogen) atoms. The highest BCUT2D eigenvalue weighted by atomic mass is 16.6. The van der Waals surface area contributed by atoms with Crippen molar-refractivity contribution < 1.29 is 9.72 Å². The summed E-state index contributed by atoms with van der Waals surface area (Å²) >= 11 is 0. The molecule has 0 saturated carbocycles. The first-order chi connectivity index (χ1) is 12.1. The molecule has 0 bridgehead atoms. The number of nitro benzene ring substituents is 1. The summed E-state index contributed by atoms with van der Waals surface area (Å²) < 4.78 is 1.99. The molecule has 0 aliphatic carbocycles. The fourth-order valence-electron chi connectivity index (χ4n) is 3.10. The number of nitrogens with one attached hydrogen (secondary N) is 1. The molecule has 9 nitrogen and oxygen atoms in total. The van der Waals surface area contributed by atoms with E-state index in [-0.39, 0.29) is 17.6 Å². The fourth-order valence-corrected chi connectivity index (χ4v) is 3.10. The molecule has 132 valence electrons. The summed E-state index contributed by atoms with van der Waals surface area (Å²) in [5.41, 5.74) is 0.364. The monoisotopic (exact) mass is 344 g/mol. The van der Waals surface area contributed by atoms with Crippen LogP contribution in [0.5, 0.6) is 0 Å². The van der Waals surface area contributed by atoms with E-state index in [4.69, 9.17) is 0 Å². The zero-order chi connectivity index (χ0) is 17.8. The minimum Gasteiger partial charge on any atom is -0.324 e. The number of non-ortho nitro benzene ring substituents is 1. The summed E-state index contributed by atoms with van der Waals surface area (Å²) in [7, 11) is 0. The highest BCUT2D eigenvalue weighted by molar-refractivity contribution is 5.89. The lowest BCUT2D eigenvalue weighted by Crippen LogP contribution is -2.42. The van der Waals surface area contributed by atoms with Crippen molar-refractivity contribution in [1.82, 2.24) is 19.7 Å². The second kappa shape index (κ2) is 7.29. The van der Waals surface area contributed by atoms with E-state index in [0.717, 1.165) is 25.2 Å². The minimum absolute atomic E-state index is 0.0506. The van der Waals surface area contributed by atoms with Crippen molar-refractivity contribution in [3.8, 4) is 0 Å². The van der Waals surface area contributed by atoms with Crippen LogP contribution in [0, 0.1) is 10.1 Å². The number of nitro groups is 1. The molecule has 1 atom stereocenters. The van der Waals surface area contributed by atoms with E-state index in [9.17, 15) is 14.9 Å². The summed E-state index contributed by atoms with van der Waals surface area (Å²) in [6.07, 6.45) is 3.54. The summed E-state index contributed by atoms with van der Waals surface area (Å²) in [4.78, 5) is 24.6. The summed E-state index contributed by atoms with van der Waals surface area (Å²) in [6, 6.07) is 5.68. The molecule has 1 fully saturated rings. The third-order valence-electron chi connectivity index (χ3n) is 4.37. The van der Waals surface area contributed by atoms with Crippen LogP contribution in [-0.4, -0.2) is 43.7 Å². The molecular weight excluding hydrogens is 324 g/mol. The van der Waals surface area contributed by atoms with E-state index in [1.165, 1.54) is 12.1 Å². The first kappa shape index (κ1) is 16.9. The van der Waals surface area contributed by atoms with E-state index in [2.05, 4.69) is 15.5 Å². The van der Waals surface area contributed by atoms with E-state index in [1.54, 1.807) is 23.4 Å². The molecule has 1 aliphatic heterocycles. The number of rotatable bonds is 4. The second-order valence-electron chi connectivity index (χ2n) is 6.00. The van der Waals surface area contributed by atoms with Crippen LogP contribution in [0.15, 0.2) is 30.6 Å². The lowest BCUT2D eigenvalue weighted by atomic mass is 9.97. The van der Waals surface area contributed by atoms with Gasteiger partial charge >= 0.3 is 6.03 Å². The van der Waals surface area contributed by atoms with Crippen molar-refractivity contribution in [2.24, 2.45) is 0 Å². The number of likely N-dealkylation sites (tertiary alicyclic amines) is 1. The average Bonchev–Trinajstić information content (AvgIpc) is 3.11. The summed E-state index contributed by atoms with van der Waals surface area (Å²) in [6.45, 7) is 4.03. The predicted octanol–water partition coefficient (Wildman–Crippen LogP) is 2.62.